The van der Waals surface area contributed by atoms with Gasteiger partial charge in [-0.3, -0.25) is 4.79 Å². The fourth-order valence-electron chi connectivity index (χ4n) is 1.68. The molecule has 1 aromatic rings. The SMILES string of the molecule is O=C(N[C@@H]1OCCC[C@H]1Cl)c1ccccc1. The predicted molar refractivity (Wildman–Crippen MR) is 62.5 cm³/mol. The standard InChI is InChI=1S/C12H14ClNO2/c13-10-7-4-8-16-12(10)14-11(15)9-5-2-1-3-6-9/h1-3,5-6,10,12H,4,7-8H2,(H,14,15)/t10-,12-/m1/s1. The predicted octanol–water partition coefficient (Wildman–Crippen LogP) is 2.16. The topological polar surface area (TPSA) is 38.3 Å². The van der Waals surface area contributed by atoms with E-state index in [1.54, 1.807) is 12.1 Å². The van der Waals surface area contributed by atoms with E-state index < -0.39 is 0 Å². The number of hydrogen-bond acceptors (Lipinski definition) is 2. The van der Waals surface area contributed by atoms with Crippen LogP contribution in [0.5, 0.6) is 0 Å². The lowest BCUT2D eigenvalue weighted by Crippen LogP contribution is -2.45. The first-order chi connectivity index (χ1) is 7.77. The lowest BCUT2D eigenvalue weighted by Gasteiger charge is -2.28. The third-order valence-corrected chi connectivity index (χ3v) is 3.01. The summed E-state index contributed by atoms with van der Waals surface area (Å²) in [6.45, 7) is 0.656. The van der Waals surface area contributed by atoms with Crippen LogP contribution in [0.1, 0.15) is 23.2 Å². The van der Waals surface area contributed by atoms with E-state index in [1.807, 2.05) is 18.2 Å². The smallest absolute Gasteiger partial charge is 0.253 e. The zero-order valence-corrected chi connectivity index (χ0v) is 9.61. The molecule has 0 spiro atoms. The van der Waals surface area contributed by atoms with E-state index in [2.05, 4.69) is 5.32 Å². The number of ether oxygens (including phenoxy) is 1. The summed E-state index contributed by atoms with van der Waals surface area (Å²) in [7, 11) is 0. The van der Waals surface area contributed by atoms with Crippen molar-refractivity contribution < 1.29 is 9.53 Å². The molecule has 16 heavy (non-hydrogen) atoms. The largest absolute Gasteiger partial charge is 0.357 e. The Morgan fingerprint density at radius 3 is 2.81 bits per heavy atom. The van der Waals surface area contributed by atoms with Crippen LogP contribution in [0.3, 0.4) is 0 Å². The summed E-state index contributed by atoms with van der Waals surface area (Å²) in [6, 6.07) is 9.06. The Morgan fingerprint density at radius 1 is 1.38 bits per heavy atom. The number of rotatable bonds is 2. The first kappa shape index (κ1) is 11.4. The van der Waals surface area contributed by atoms with Crippen LogP contribution in [-0.2, 0) is 4.74 Å². The Bertz CT molecular complexity index is 355. The second kappa shape index (κ2) is 5.32. The quantitative estimate of drug-likeness (QED) is 0.804. The summed E-state index contributed by atoms with van der Waals surface area (Å²) in [4.78, 5) is 11.8. The van der Waals surface area contributed by atoms with Gasteiger partial charge in [0, 0.05) is 12.2 Å². The molecule has 0 aliphatic carbocycles. The molecule has 1 saturated heterocycles. The lowest BCUT2D eigenvalue weighted by atomic mass is 10.1. The molecular weight excluding hydrogens is 226 g/mol. The molecule has 1 amide bonds. The maximum atomic E-state index is 11.8. The Hall–Kier alpha value is -1.06. The summed E-state index contributed by atoms with van der Waals surface area (Å²) in [6.07, 6.45) is 1.45. The van der Waals surface area contributed by atoms with Crippen molar-refractivity contribution in [3.05, 3.63) is 35.9 Å². The lowest BCUT2D eigenvalue weighted by molar-refractivity contribution is 0.000359. The highest BCUT2D eigenvalue weighted by Gasteiger charge is 2.25. The molecule has 1 N–H and O–H groups in total. The van der Waals surface area contributed by atoms with Gasteiger partial charge < -0.3 is 10.1 Å². The number of alkyl halides is 1. The van der Waals surface area contributed by atoms with Crippen LogP contribution in [0.2, 0.25) is 0 Å². The van der Waals surface area contributed by atoms with E-state index in [4.69, 9.17) is 16.3 Å². The highest BCUT2D eigenvalue weighted by Crippen LogP contribution is 2.17. The molecule has 0 radical (unpaired) electrons. The number of nitrogens with one attached hydrogen (secondary N) is 1. The van der Waals surface area contributed by atoms with Crippen LogP contribution < -0.4 is 5.32 Å². The molecule has 1 fully saturated rings. The van der Waals surface area contributed by atoms with E-state index in [-0.39, 0.29) is 17.5 Å². The second-order valence-electron chi connectivity index (χ2n) is 3.79. The zero-order valence-electron chi connectivity index (χ0n) is 8.86. The van der Waals surface area contributed by atoms with Crippen LogP contribution in [0, 0.1) is 0 Å². The van der Waals surface area contributed by atoms with Crippen LogP contribution >= 0.6 is 11.6 Å². The van der Waals surface area contributed by atoms with Crippen LogP contribution in [0.15, 0.2) is 30.3 Å². The third kappa shape index (κ3) is 2.74. The minimum absolute atomic E-state index is 0.138. The van der Waals surface area contributed by atoms with E-state index in [1.165, 1.54) is 0 Å². The van der Waals surface area contributed by atoms with Gasteiger partial charge in [-0.2, -0.15) is 0 Å². The highest BCUT2D eigenvalue weighted by atomic mass is 35.5. The summed E-state index contributed by atoms with van der Waals surface area (Å²) < 4.78 is 5.42. The molecule has 3 nitrogen and oxygen atoms in total. The summed E-state index contributed by atoms with van der Waals surface area (Å²) in [5, 5.41) is 2.65. The van der Waals surface area contributed by atoms with Crippen molar-refractivity contribution in [2.75, 3.05) is 6.61 Å². The summed E-state index contributed by atoms with van der Waals surface area (Å²) in [5.74, 6) is -0.141. The van der Waals surface area contributed by atoms with Gasteiger partial charge in [0.05, 0.1) is 5.38 Å². The van der Waals surface area contributed by atoms with Gasteiger partial charge in [0.15, 0.2) is 0 Å². The van der Waals surface area contributed by atoms with Crippen LogP contribution in [0.25, 0.3) is 0 Å². The summed E-state index contributed by atoms with van der Waals surface area (Å²) in [5.41, 5.74) is 0.626. The van der Waals surface area contributed by atoms with Gasteiger partial charge in [0.1, 0.15) is 6.23 Å². The third-order valence-electron chi connectivity index (χ3n) is 2.56. The van der Waals surface area contributed by atoms with Crippen molar-refractivity contribution >= 4 is 17.5 Å². The Labute approximate surface area is 99.7 Å². The van der Waals surface area contributed by atoms with Gasteiger partial charge in [-0.15, -0.1) is 11.6 Å². The fraction of sp³-hybridized carbons (Fsp3) is 0.417. The molecule has 2 atom stereocenters. The van der Waals surface area contributed by atoms with Gasteiger partial charge in [-0.1, -0.05) is 18.2 Å². The van der Waals surface area contributed by atoms with E-state index in [0.29, 0.717) is 12.2 Å². The molecule has 2 rings (SSSR count). The van der Waals surface area contributed by atoms with Crippen LogP contribution in [-0.4, -0.2) is 24.1 Å². The number of carbonyl (C=O) groups is 1. The van der Waals surface area contributed by atoms with Gasteiger partial charge in [0.25, 0.3) is 5.91 Å². The normalized spacial score (nSPS) is 25.1. The van der Waals surface area contributed by atoms with Crippen molar-refractivity contribution in [3.63, 3.8) is 0 Å². The van der Waals surface area contributed by atoms with Crippen LogP contribution in [0.4, 0.5) is 0 Å². The molecule has 0 saturated carbocycles. The average Bonchev–Trinajstić information content (AvgIpc) is 2.33. The number of hydrogen-bond donors (Lipinski definition) is 1. The van der Waals surface area contributed by atoms with Gasteiger partial charge in [-0.05, 0) is 25.0 Å². The average molecular weight is 240 g/mol. The number of carbonyl (C=O) groups excluding carboxylic acids is 1. The summed E-state index contributed by atoms with van der Waals surface area (Å²) >= 11 is 6.07. The van der Waals surface area contributed by atoms with E-state index in [9.17, 15) is 4.79 Å². The minimum Gasteiger partial charge on any atom is -0.357 e. The molecule has 0 unspecified atom stereocenters. The molecule has 1 aromatic carbocycles. The number of amides is 1. The molecular formula is C12H14ClNO2. The van der Waals surface area contributed by atoms with Gasteiger partial charge in [-0.25, -0.2) is 0 Å². The Balaban J connectivity index is 1.96. The van der Waals surface area contributed by atoms with Gasteiger partial charge >= 0.3 is 0 Å². The van der Waals surface area contributed by atoms with Crippen molar-refractivity contribution in [1.29, 1.82) is 0 Å². The monoisotopic (exact) mass is 239 g/mol. The van der Waals surface area contributed by atoms with Crippen molar-refractivity contribution in [3.8, 4) is 0 Å². The molecule has 0 bridgehead atoms. The van der Waals surface area contributed by atoms with Crippen molar-refractivity contribution in [1.82, 2.24) is 5.32 Å². The highest BCUT2D eigenvalue weighted by molar-refractivity contribution is 6.21. The van der Waals surface area contributed by atoms with E-state index >= 15 is 0 Å². The molecule has 4 heteroatoms. The first-order valence-electron chi connectivity index (χ1n) is 5.39. The maximum Gasteiger partial charge on any atom is 0.253 e. The van der Waals surface area contributed by atoms with Gasteiger partial charge in [0.2, 0.25) is 0 Å². The molecule has 1 aliphatic heterocycles. The van der Waals surface area contributed by atoms with Crippen molar-refractivity contribution in [2.45, 2.75) is 24.4 Å². The number of benzene rings is 1. The fourth-order valence-corrected chi connectivity index (χ4v) is 1.97. The molecule has 86 valence electrons. The maximum absolute atomic E-state index is 11.8. The minimum atomic E-state index is -0.372. The molecule has 1 heterocycles. The van der Waals surface area contributed by atoms with E-state index in [0.717, 1.165) is 12.8 Å². The Morgan fingerprint density at radius 2 is 2.12 bits per heavy atom. The zero-order chi connectivity index (χ0) is 11.4. The Kier molecular flexibility index (Phi) is 3.80. The first-order valence-corrected chi connectivity index (χ1v) is 5.82. The molecule has 0 aromatic heterocycles. The van der Waals surface area contributed by atoms with Crippen molar-refractivity contribution in [2.24, 2.45) is 0 Å². The number of halogens is 1. The molecule has 1 aliphatic rings. The second-order valence-corrected chi connectivity index (χ2v) is 4.35.